The monoisotopic (exact) mass is 605 g/mol. The van der Waals surface area contributed by atoms with Crippen molar-refractivity contribution in [3.63, 3.8) is 0 Å². The molecule has 15 heteroatoms. The zero-order valence-corrected chi connectivity index (χ0v) is 25.2. The second-order valence-electron chi connectivity index (χ2n) is 12.4. The highest BCUT2D eigenvalue weighted by molar-refractivity contribution is 6.16. The van der Waals surface area contributed by atoms with E-state index in [0.717, 1.165) is 9.80 Å². The molecule has 42 heavy (non-hydrogen) atoms. The van der Waals surface area contributed by atoms with Crippen LogP contribution in [0.15, 0.2) is 0 Å². The predicted molar refractivity (Wildman–Crippen MR) is 144 cm³/mol. The van der Waals surface area contributed by atoms with Gasteiger partial charge in [0.25, 0.3) is 11.7 Å². The maximum atomic E-state index is 13.3. The zero-order valence-electron chi connectivity index (χ0n) is 25.2. The topological polar surface area (TPSA) is 159 Å². The number of nitrogens with zero attached hydrogens (tertiary/aromatic N) is 3. The Kier molecular flexibility index (Phi) is 10.9. The number of likely N-dealkylation sites (tertiary alicyclic amines) is 1. The summed E-state index contributed by atoms with van der Waals surface area (Å²) in [6.07, 6.45) is -4.70. The largest absolute Gasteiger partial charge is 0.459 e. The number of esters is 1. The fraction of sp³-hybridized carbons (Fsp3) is 0.778. The molecule has 0 aliphatic carbocycles. The second kappa shape index (κ2) is 13.1. The number of halogens is 3. The smallest absolute Gasteiger partial charge is 0.451 e. The molecule has 2 aliphatic rings. The molecule has 2 saturated heterocycles. The van der Waals surface area contributed by atoms with Crippen molar-refractivity contribution in [2.75, 3.05) is 32.7 Å². The lowest BCUT2D eigenvalue weighted by Crippen LogP contribution is -2.67. The van der Waals surface area contributed by atoms with Crippen LogP contribution in [0.2, 0.25) is 0 Å². The number of Topliss-reactive ketones (excluding diaryl/α,β-unsaturated/α-hetero) is 2. The molecule has 0 aromatic heterocycles. The fourth-order valence-electron chi connectivity index (χ4n) is 5.18. The van der Waals surface area contributed by atoms with Crippen LogP contribution in [0.3, 0.4) is 0 Å². The van der Waals surface area contributed by atoms with Gasteiger partial charge >= 0.3 is 18.2 Å². The van der Waals surface area contributed by atoms with Crippen LogP contribution in [0.25, 0.3) is 0 Å². The predicted octanol–water partition coefficient (Wildman–Crippen LogP) is 1.25. The fourth-order valence-corrected chi connectivity index (χ4v) is 5.18. The van der Waals surface area contributed by atoms with Gasteiger partial charge in [0, 0.05) is 13.1 Å². The summed E-state index contributed by atoms with van der Waals surface area (Å²) < 4.78 is 45.1. The van der Waals surface area contributed by atoms with E-state index in [2.05, 4.69) is 5.32 Å². The number of rotatable bonds is 11. The molecule has 4 amide bonds. The van der Waals surface area contributed by atoms with Gasteiger partial charge in [-0.1, -0.05) is 27.7 Å². The van der Waals surface area contributed by atoms with Gasteiger partial charge in [-0.25, -0.2) is 4.79 Å². The lowest BCUT2D eigenvalue weighted by Gasteiger charge is -2.35. The highest BCUT2D eigenvalue weighted by Gasteiger charge is 2.51. The number of imide groups is 1. The van der Waals surface area contributed by atoms with Gasteiger partial charge < -0.3 is 20.3 Å². The number of carbonyl (C=O) groups excluding carboxylic acids is 6. The molecule has 3 N–H and O–H groups in total. The average Bonchev–Trinajstić information content (AvgIpc) is 3.44. The number of hydrogen-bond acceptors (Lipinski definition) is 9. The third kappa shape index (κ3) is 8.06. The number of ether oxygens (including phenoxy) is 1. The summed E-state index contributed by atoms with van der Waals surface area (Å²) in [6, 6.07) is -3.48. The molecule has 0 aromatic rings. The van der Waals surface area contributed by atoms with Crippen molar-refractivity contribution in [1.82, 2.24) is 20.0 Å². The molecule has 0 radical (unpaired) electrons. The molecule has 2 heterocycles. The first kappa shape index (κ1) is 35.1. The molecular weight excluding hydrogens is 563 g/mol. The van der Waals surface area contributed by atoms with Crippen molar-refractivity contribution in [2.45, 2.75) is 90.7 Å². The molecule has 0 saturated carbocycles. The van der Waals surface area contributed by atoms with Crippen LogP contribution in [-0.4, -0.2) is 112 Å². The quantitative estimate of drug-likeness (QED) is 0.261. The van der Waals surface area contributed by atoms with Crippen molar-refractivity contribution in [3.05, 3.63) is 0 Å². The number of ketones is 2. The average molecular weight is 606 g/mol. The van der Waals surface area contributed by atoms with Gasteiger partial charge in [0.05, 0.1) is 18.6 Å². The molecule has 2 rings (SSSR count). The van der Waals surface area contributed by atoms with Crippen molar-refractivity contribution in [1.29, 1.82) is 0 Å². The molecule has 0 spiro atoms. The first-order chi connectivity index (χ1) is 19.1. The van der Waals surface area contributed by atoms with Crippen molar-refractivity contribution in [2.24, 2.45) is 17.6 Å². The number of nitrogens with one attached hydrogen (secondary N) is 1. The highest BCUT2D eigenvalue weighted by Crippen LogP contribution is 2.30. The van der Waals surface area contributed by atoms with E-state index in [9.17, 15) is 41.9 Å². The van der Waals surface area contributed by atoms with Gasteiger partial charge in [-0.05, 0) is 52.0 Å². The summed E-state index contributed by atoms with van der Waals surface area (Å²) in [7, 11) is 0. The molecule has 0 bridgehead atoms. The first-order valence-corrected chi connectivity index (χ1v) is 13.9. The second-order valence-corrected chi connectivity index (χ2v) is 12.4. The normalized spacial score (nSPS) is 20.6. The van der Waals surface area contributed by atoms with E-state index in [4.69, 9.17) is 10.5 Å². The molecule has 238 valence electrons. The minimum absolute atomic E-state index is 0.0324. The Labute approximate surface area is 243 Å². The van der Waals surface area contributed by atoms with Crippen molar-refractivity contribution < 1.29 is 46.7 Å². The number of urea groups is 1. The maximum Gasteiger partial charge on any atom is 0.451 e. The van der Waals surface area contributed by atoms with Gasteiger partial charge in [-0.15, -0.1) is 0 Å². The van der Waals surface area contributed by atoms with Crippen LogP contribution in [0.5, 0.6) is 0 Å². The molecular formula is C27H42F3N5O7. The lowest BCUT2D eigenvalue weighted by molar-refractivity contribution is -0.179. The van der Waals surface area contributed by atoms with Gasteiger partial charge in [-0.2, -0.15) is 13.2 Å². The SMILES string of the molecule is CC(C)[C@@H](C(=O)C(F)(F)F)N1CCC[C@H]1C(=O)NC(=O)[C@](N)(C(=O)CN1CCN(CC(=O)OC(C)(C)C)C1=O)C(C)C. The molecule has 3 atom stereocenters. The zero-order chi connectivity index (χ0) is 32.4. The van der Waals surface area contributed by atoms with Crippen LogP contribution in [-0.2, 0) is 28.7 Å². The Balaban J connectivity index is 2.14. The standard InChI is InChI=1S/C27H42F3N5O7/c1-15(2)20(21(38)27(28,29)30)35-10-8-9-17(35)22(39)32-23(40)26(31,16(3)4)18(36)13-33-11-12-34(24(33)41)14-19(37)42-25(5,6)7/h15-17,20H,8-14,31H2,1-7H3,(H,32,39,40)/t17-,20-,26+/m0/s1. The van der Waals surface area contributed by atoms with E-state index in [1.165, 1.54) is 32.6 Å². The van der Waals surface area contributed by atoms with Crippen LogP contribution in [0.1, 0.15) is 61.3 Å². The van der Waals surface area contributed by atoms with Crippen LogP contribution in [0.4, 0.5) is 18.0 Å². The van der Waals surface area contributed by atoms with Crippen LogP contribution < -0.4 is 11.1 Å². The minimum atomic E-state index is -5.11. The third-order valence-corrected chi connectivity index (χ3v) is 7.37. The maximum absolute atomic E-state index is 13.3. The molecule has 2 aliphatic heterocycles. The summed E-state index contributed by atoms with van der Waals surface area (Å²) >= 11 is 0. The highest BCUT2D eigenvalue weighted by atomic mass is 19.4. The van der Waals surface area contributed by atoms with E-state index in [1.807, 2.05) is 0 Å². The van der Waals surface area contributed by atoms with Crippen molar-refractivity contribution >= 4 is 35.4 Å². The Morgan fingerprint density at radius 3 is 2.00 bits per heavy atom. The van der Waals surface area contributed by atoms with E-state index < -0.39 is 83.2 Å². The Morgan fingerprint density at radius 2 is 1.52 bits per heavy atom. The summed E-state index contributed by atoms with van der Waals surface area (Å²) in [5.41, 5.74) is 3.25. The van der Waals surface area contributed by atoms with Crippen molar-refractivity contribution in [3.8, 4) is 0 Å². The molecule has 12 nitrogen and oxygen atoms in total. The van der Waals surface area contributed by atoms with Gasteiger partial charge in [0.1, 0.15) is 12.1 Å². The molecule has 2 fully saturated rings. The molecule has 0 unspecified atom stereocenters. The number of alkyl halides is 3. The van der Waals surface area contributed by atoms with Gasteiger partial charge in [0.15, 0.2) is 11.3 Å². The minimum Gasteiger partial charge on any atom is -0.459 e. The van der Waals surface area contributed by atoms with Gasteiger partial charge in [0.2, 0.25) is 5.91 Å². The lowest BCUT2D eigenvalue weighted by atomic mass is 9.82. The van der Waals surface area contributed by atoms with E-state index >= 15 is 0 Å². The van der Waals surface area contributed by atoms with Gasteiger partial charge in [-0.3, -0.25) is 34.2 Å². The Hall–Kier alpha value is -3.07. The van der Waals surface area contributed by atoms with E-state index in [-0.39, 0.29) is 32.6 Å². The Bertz CT molecular complexity index is 1090. The van der Waals surface area contributed by atoms with E-state index in [1.54, 1.807) is 20.8 Å². The number of amides is 4. The Morgan fingerprint density at radius 1 is 0.976 bits per heavy atom. The number of carbonyl (C=O) groups is 6. The van der Waals surface area contributed by atoms with Crippen LogP contribution >= 0.6 is 0 Å². The summed E-state index contributed by atoms with van der Waals surface area (Å²) in [5.74, 6) is -7.24. The number of hydrogen-bond donors (Lipinski definition) is 2. The molecule has 0 aromatic carbocycles. The van der Waals surface area contributed by atoms with E-state index in [0.29, 0.717) is 6.42 Å². The third-order valence-electron chi connectivity index (χ3n) is 7.37. The summed E-state index contributed by atoms with van der Waals surface area (Å²) in [5, 5.41) is 2.09. The first-order valence-electron chi connectivity index (χ1n) is 13.9. The van der Waals surface area contributed by atoms with Crippen LogP contribution in [0, 0.1) is 11.8 Å². The number of nitrogens with two attached hydrogens (primary N) is 1. The summed E-state index contributed by atoms with van der Waals surface area (Å²) in [6.45, 7) is 10.2. The summed E-state index contributed by atoms with van der Waals surface area (Å²) in [4.78, 5) is 80.4.